The summed E-state index contributed by atoms with van der Waals surface area (Å²) < 4.78 is 0. The monoisotopic (exact) mass is 209 g/mol. The summed E-state index contributed by atoms with van der Waals surface area (Å²) in [5.74, 6) is 0.869. The Hall–Kier alpha value is -0.0800. The van der Waals surface area contributed by atoms with Crippen molar-refractivity contribution in [2.75, 3.05) is 0 Å². The Labute approximate surface area is 92.4 Å². The molecule has 2 aliphatic carbocycles. The first kappa shape index (κ1) is 10.1. The standard InChI is InChI=1S/C13H23NO/c15-13(7-3-4-8-13)12-9-10-5-1-2-6-11(10)14-12/h10-12,14-15H,1-9H2/t10?,11-,12-/m0/s1. The highest BCUT2D eigenvalue weighted by Crippen LogP contribution is 2.41. The van der Waals surface area contributed by atoms with Gasteiger partial charge in [-0.05, 0) is 38.0 Å². The summed E-state index contributed by atoms with van der Waals surface area (Å²) in [6.07, 6.45) is 11.3. The summed E-state index contributed by atoms with van der Waals surface area (Å²) in [7, 11) is 0. The number of aliphatic hydroxyl groups is 1. The maximum absolute atomic E-state index is 10.6. The zero-order chi connectivity index (χ0) is 10.3. The smallest absolute Gasteiger partial charge is 0.0800 e. The molecule has 0 amide bonds. The first-order chi connectivity index (χ1) is 7.28. The fraction of sp³-hybridized carbons (Fsp3) is 1.00. The second-order valence-corrected chi connectivity index (χ2v) is 5.92. The molecule has 0 spiro atoms. The molecule has 1 saturated heterocycles. The van der Waals surface area contributed by atoms with Crippen molar-refractivity contribution in [1.29, 1.82) is 0 Å². The van der Waals surface area contributed by atoms with E-state index < -0.39 is 0 Å². The lowest BCUT2D eigenvalue weighted by Crippen LogP contribution is -2.47. The minimum atomic E-state index is -0.350. The normalized spacial score (nSPS) is 44.2. The summed E-state index contributed by atoms with van der Waals surface area (Å²) in [6.45, 7) is 0. The van der Waals surface area contributed by atoms with E-state index in [0.29, 0.717) is 6.04 Å². The molecule has 2 heteroatoms. The zero-order valence-electron chi connectivity index (χ0n) is 9.54. The Morgan fingerprint density at radius 2 is 1.73 bits per heavy atom. The molecular formula is C13H23NO. The van der Waals surface area contributed by atoms with E-state index >= 15 is 0 Å². The third-order valence-electron chi connectivity index (χ3n) is 4.98. The molecule has 0 aromatic heterocycles. The van der Waals surface area contributed by atoms with Gasteiger partial charge in [0.2, 0.25) is 0 Å². The van der Waals surface area contributed by atoms with Gasteiger partial charge in [-0.3, -0.25) is 0 Å². The number of hydrogen-bond donors (Lipinski definition) is 2. The summed E-state index contributed by atoms with van der Waals surface area (Å²) in [5, 5.41) is 14.3. The third kappa shape index (κ3) is 1.72. The Balaban J connectivity index is 1.69. The minimum Gasteiger partial charge on any atom is -0.388 e. The zero-order valence-corrected chi connectivity index (χ0v) is 9.54. The van der Waals surface area contributed by atoms with Crippen LogP contribution < -0.4 is 5.32 Å². The van der Waals surface area contributed by atoms with Gasteiger partial charge in [-0.2, -0.15) is 0 Å². The van der Waals surface area contributed by atoms with E-state index in [1.807, 2.05) is 0 Å². The highest BCUT2D eigenvalue weighted by atomic mass is 16.3. The van der Waals surface area contributed by atoms with E-state index in [1.54, 1.807) is 0 Å². The molecule has 86 valence electrons. The van der Waals surface area contributed by atoms with Crippen molar-refractivity contribution in [1.82, 2.24) is 5.32 Å². The van der Waals surface area contributed by atoms with E-state index in [2.05, 4.69) is 5.32 Å². The van der Waals surface area contributed by atoms with Crippen LogP contribution in [0.1, 0.15) is 57.8 Å². The van der Waals surface area contributed by atoms with Crippen molar-refractivity contribution < 1.29 is 5.11 Å². The van der Waals surface area contributed by atoms with E-state index in [0.717, 1.165) is 24.8 Å². The van der Waals surface area contributed by atoms with Crippen molar-refractivity contribution in [3.05, 3.63) is 0 Å². The molecule has 3 aliphatic rings. The molecule has 1 heterocycles. The first-order valence-electron chi connectivity index (χ1n) is 6.76. The van der Waals surface area contributed by atoms with Crippen LogP contribution in [-0.2, 0) is 0 Å². The predicted octanol–water partition coefficient (Wildman–Crippen LogP) is 2.21. The van der Waals surface area contributed by atoms with Crippen LogP contribution in [0.3, 0.4) is 0 Å². The molecule has 1 unspecified atom stereocenters. The van der Waals surface area contributed by atoms with Gasteiger partial charge in [0.1, 0.15) is 0 Å². The van der Waals surface area contributed by atoms with E-state index in [4.69, 9.17) is 0 Å². The SMILES string of the molecule is OC1([C@@H]2CC3CCCC[C@@H]3N2)CCCC1. The van der Waals surface area contributed by atoms with Gasteiger partial charge in [0.25, 0.3) is 0 Å². The Morgan fingerprint density at radius 3 is 2.47 bits per heavy atom. The maximum Gasteiger partial charge on any atom is 0.0800 e. The number of nitrogens with one attached hydrogen (secondary N) is 1. The first-order valence-corrected chi connectivity index (χ1v) is 6.76. The summed E-state index contributed by atoms with van der Waals surface area (Å²) in [4.78, 5) is 0. The summed E-state index contributed by atoms with van der Waals surface area (Å²) >= 11 is 0. The molecule has 3 fully saturated rings. The van der Waals surface area contributed by atoms with E-state index in [-0.39, 0.29) is 5.60 Å². The molecule has 2 N–H and O–H groups in total. The van der Waals surface area contributed by atoms with Crippen LogP contribution in [0.4, 0.5) is 0 Å². The lowest BCUT2D eigenvalue weighted by molar-refractivity contribution is 0.0123. The van der Waals surface area contributed by atoms with Gasteiger partial charge in [-0.1, -0.05) is 25.7 Å². The average molecular weight is 209 g/mol. The molecular weight excluding hydrogens is 186 g/mol. The largest absolute Gasteiger partial charge is 0.388 e. The molecule has 0 aromatic rings. The third-order valence-corrected chi connectivity index (χ3v) is 4.98. The Bertz CT molecular complexity index is 221. The van der Waals surface area contributed by atoms with Gasteiger partial charge in [-0.25, -0.2) is 0 Å². The Morgan fingerprint density at radius 1 is 1.00 bits per heavy atom. The molecule has 2 nitrogen and oxygen atoms in total. The van der Waals surface area contributed by atoms with Crippen LogP contribution in [0.5, 0.6) is 0 Å². The minimum absolute atomic E-state index is 0.350. The van der Waals surface area contributed by atoms with Crippen LogP contribution in [0, 0.1) is 5.92 Å². The molecule has 0 bridgehead atoms. The van der Waals surface area contributed by atoms with E-state index in [1.165, 1.54) is 44.9 Å². The van der Waals surface area contributed by atoms with Crippen molar-refractivity contribution >= 4 is 0 Å². The van der Waals surface area contributed by atoms with Gasteiger partial charge >= 0.3 is 0 Å². The van der Waals surface area contributed by atoms with Crippen molar-refractivity contribution in [3.63, 3.8) is 0 Å². The van der Waals surface area contributed by atoms with Gasteiger partial charge in [0.05, 0.1) is 5.60 Å². The number of rotatable bonds is 1. The highest BCUT2D eigenvalue weighted by molar-refractivity contribution is 5.03. The molecule has 15 heavy (non-hydrogen) atoms. The topological polar surface area (TPSA) is 32.3 Å². The van der Waals surface area contributed by atoms with Crippen LogP contribution in [-0.4, -0.2) is 22.8 Å². The van der Waals surface area contributed by atoms with Gasteiger partial charge in [-0.15, -0.1) is 0 Å². The average Bonchev–Trinajstić information content (AvgIpc) is 2.84. The van der Waals surface area contributed by atoms with Crippen molar-refractivity contribution in [2.45, 2.75) is 75.5 Å². The second-order valence-electron chi connectivity index (χ2n) is 5.92. The maximum atomic E-state index is 10.6. The quantitative estimate of drug-likeness (QED) is 0.694. The van der Waals surface area contributed by atoms with Gasteiger partial charge in [0.15, 0.2) is 0 Å². The summed E-state index contributed by atoms with van der Waals surface area (Å²) in [5.41, 5.74) is -0.350. The van der Waals surface area contributed by atoms with Gasteiger partial charge in [0, 0.05) is 12.1 Å². The van der Waals surface area contributed by atoms with Crippen molar-refractivity contribution in [3.8, 4) is 0 Å². The number of hydrogen-bond acceptors (Lipinski definition) is 2. The van der Waals surface area contributed by atoms with E-state index in [9.17, 15) is 5.11 Å². The molecule has 1 aliphatic heterocycles. The molecule has 0 radical (unpaired) electrons. The lowest BCUT2D eigenvalue weighted by atomic mass is 9.82. The van der Waals surface area contributed by atoms with Crippen LogP contribution in [0.25, 0.3) is 0 Å². The van der Waals surface area contributed by atoms with Crippen LogP contribution >= 0.6 is 0 Å². The fourth-order valence-electron chi connectivity index (χ4n) is 4.05. The lowest BCUT2D eigenvalue weighted by Gasteiger charge is -2.30. The molecule has 0 aromatic carbocycles. The fourth-order valence-corrected chi connectivity index (χ4v) is 4.05. The highest BCUT2D eigenvalue weighted by Gasteiger charge is 2.46. The van der Waals surface area contributed by atoms with Crippen LogP contribution in [0.2, 0.25) is 0 Å². The second kappa shape index (κ2) is 3.74. The summed E-state index contributed by atoms with van der Waals surface area (Å²) in [6, 6.07) is 1.14. The molecule has 2 saturated carbocycles. The van der Waals surface area contributed by atoms with Crippen molar-refractivity contribution in [2.24, 2.45) is 5.92 Å². The van der Waals surface area contributed by atoms with Crippen LogP contribution in [0.15, 0.2) is 0 Å². The number of fused-ring (bicyclic) bond motifs is 1. The van der Waals surface area contributed by atoms with Gasteiger partial charge < -0.3 is 10.4 Å². The molecule has 3 atom stereocenters. The Kier molecular flexibility index (Phi) is 2.52. The predicted molar refractivity (Wildman–Crippen MR) is 60.7 cm³/mol. The molecule has 3 rings (SSSR count).